The van der Waals surface area contributed by atoms with Gasteiger partial charge in [-0.3, -0.25) is 0 Å². The van der Waals surface area contributed by atoms with Gasteiger partial charge in [0.15, 0.2) is 11.6 Å². The Hall–Kier alpha value is -3.20. The van der Waals surface area contributed by atoms with Crippen LogP contribution in [-0.2, 0) is 13.5 Å². The molecule has 1 aromatic carbocycles. The van der Waals surface area contributed by atoms with Crippen molar-refractivity contribution in [3.05, 3.63) is 42.0 Å². The highest BCUT2D eigenvalue weighted by Crippen LogP contribution is 2.39. The van der Waals surface area contributed by atoms with E-state index in [1.54, 1.807) is 41.8 Å². The number of benzene rings is 1. The van der Waals surface area contributed by atoms with Gasteiger partial charge in [-0.25, -0.2) is 9.37 Å². The second-order valence-electron chi connectivity index (χ2n) is 6.23. The first-order valence-corrected chi connectivity index (χ1v) is 8.43. The molecule has 0 aliphatic heterocycles. The molecule has 4 aromatic rings. The van der Waals surface area contributed by atoms with Gasteiger partial charge < -0.3 is 24.0 Å². The second kappa shape index (κ2) is 6.51. The van der Waals surface area contributed by atoms with Crippen LogP contribution in [0.5, 0.6) is 5.75 Å². The number of aromatic nitrogens is 6. The molecule has 0 amide bonds. The zero-order valence-corrected chi connectivity index (χ0v) is 15.2. The maximum Gasteiger partial charge on any atom is 0.180 e. The molecular formula is C18H19FN6O2. The number of halogens is 1. The van der Waals surface area contributed by atoms with E-state index in [0.29, 0.717) is 51.7 Å². The summed E-state index contributed by atoms with van der Waals surface area (Å²) in [4.78, 5) is 7.22. The van der Waals surface area contributed by atoms with E-state index in [0.717, 1.165) is 0 Å². The Morgan fingerprint density at radius 3 is 2.81 bits per heavy atom. The number of methoxy groups -OCH3 is 1. The van der Waals surface area contributed by atoms with E-state index in [2.05, 4.69) is 20.2 Å². The fourth-order valence-corrected chi connectivity index (χ4v) is 3.38. The molecule has 2 N–H and O–H groups in total. The lowest BCUT2D eigenvalue weighted by molar-refractivity contribution is 0.297. The van der Waals surface area contributed by atoms with Crippen LogP contribution < -0.4 is 4.74 Å². The van der Waals surface area contributed by atoms with Crippen LogP contribution in [0.1, 0.15) is 11.4 Å². The van der Waals surface area contributed by atoms with Crippen LogP contribution in [0.2, 0.25) is 0 Å². The Kier molecular flexibility index (Phi) is 4.15. The minimum atomic E-state index is -0.352. The fourth-order valence-electron chi connectivity index (χ4n) is 3.38. The van der Waals surface area contributed by atoms with Gasteiger partial charge in [-0.05, 0) is 13.0 Å². The molecule has 4 rings (SSSR count). The molecule has 0 unspecified atom stereocenters. The summed E-state index contributed by atoms with van der Waals surface area (Å²) in [5, 5.41) is 18.1. The third-order valence-corrected chi connectivity index (χ3v) is 4.68. The summed E-state index contributed by atoms with van der Waals surface area (Å²) < 4.78 is 24.1. The van der Waals surface area contributed by atoms with Crippen molar-refractivity contribution < 1.29 is 14.2 Å². The van der Waals surface area contributed by atoms with Crippen molar-refractivity contribution >= 4 is 10.9 Å². The molecule has 140 valence electrons. The number of hydrogen-bond donors (Lipinski definition) is 2. The number of hydrogen-bond acceptors (Lipinski definition) is 5. The maximum atomic E-state index is 15.2. The monoisotopic (exact) mass is 370 g/mol. The van der Waals surface area contributed by atoms with Gasteiger partial charge in [0.05, 0.1) is 31.2 Å². The van der Waals surface area contributed by atoms with Crippen molar-refractivity contribution in [2.45, 2.75) is 13.3 Å². The Morgan fingerprint density at radius 1 is 1.33 bits per heavy atom. The van der Waals surface area contributed by atoms with E-state index in [9.17, 15) is 0 Å². The van der Waals surface area contributed by atoms with E-state index < -0.39 is 0 Å². The van der Waals surface area contributed by atoms with E-state index in [1.807, 2.05) is 6.07 Å². The molecule has 0 spiro atoms. The quantitative estimate of drug-likeness (QED) is 0.561. The molecule has 0 aliphatic rings. The van der Waals surface area contributed by atoms with Crippen LogP contribution in [0, 0.1) is 12.7 Å². The van der Waals surface area contributed by atoms with E-state index >= 15 is 4.39 Å². The molecule has 3 aromatic heterocycles. The molecule has 0 bridgehead atoms. The van der Waals surface area contributed by atoms with Gasteiger partial charge in [-0.1, -0.05) is 0 Å². The summed E-state index contributed by atoms with van der Waals surface area (Å²) in [6, 6.07) is 1.82. The lowest BCUT2D eigenvalue weighted by atomic mass is 10.1. The minimum Gasteiger partial charge on any atom is -0.496 e. The summed E-state index contributed by atoms with van der Waals surface area (Å²) >= 11 is 0. The topological polar surface area (TPSA) is 93.8 Å². The van der Waals surface area contributed by atoms with Crippen LogP contribution in [-0.4, -0.2) is 48.1 Å². The predicted molar refractivity (Wildman–Crippen MR) is 97.5 cm³/mol. The Balaban J connectivity index is 2.09. The maximum absolute atomic E-state index is 15.2. The molecule has 9 heteroatoms. The molecule has 0 atom stereocenters. The molecule has 0 radical (unpaired) electrons. The van der Waals surface area contributed by atoms with Crippen molar-refractivity contribution in [1.29, 1.82) is 0 Å². The van der Waals surface area contributed by atoms with Gasteiger partial charge in [0, 0.05) is 36.8 Å². The Morgan fingerprint density at radius 2 is 2.15 bits per heavy atom. The lowest BCUT2D eigenvalue weighted by Gasteiger charge is -2.08. The third kappa shape index (κ3) is 2.58. The van der Waals surface area contributed by atoms with Crippen molar-refractivity contribution in [3.63, 3.8) is 0 Å². The number of fused-ring (bicyclic) bond motifs is 1. The molecule has 0 aliphatic carbocycles. The largest absolute Gasteiger partial charge is 0.496 e. The van der Waals surface area contributed by atoms with Gasteiger partial charge in [0.1, 0.15) is 17.3 Å². The number of rotatable bonds is 5. The van der Waals surface area contributed by atoms with Crippen molar-refractivity contribution in [2.75, 3.05) is 13.7 Å². The first-order chi connectivity index (χ1) is 13.1. The van der Waals surface area contributed by atoms with Gasteiger partial charge in [0.2, 0.25) is 0 Å². The van der Waals surface area contributed by atoms with Gasteiger partial charge in [-0.2, -0.15) is 0 Å². The minimum absolute atomic E-state index is 0.0385. The first-order valence-electron chi connectivity index (χ1n) is 8.43. The predicted octanol–water partition coefficient (Wildman–Crippen LogP) is 2.14. The number of aryl methyl sites for hydroxylation is 1. The van der Waals surface area contributed by atoms with Crippen LogP contribution in [0.4, 0.5) is 4.39 Å². The summed E-state index contributed by atoms with van der Waals surface area (Å²) in [6.45, 7) is 1.65. The SMILES string of the molecule is COc1cc2c(-n3ccnc3)c(-c3nnc(CCO)[nH]3)n(C)c2c(F)c1C. The van der Waals surface area contributed by atoms with Crippen molar-refractivity contribution in [2.24, 2.45) is 7.05 Å². The summed E-state index contributed by atoms with van der Waals surface area (Å²) in [5.74, 6) is 1.16. The third-order valence-electron chi connectivity index (χ3n) is 4.68. The molecule has 0 saturated carbocycles. The zero-order chi connectivity index (χ0) is 19.1. The number of aliphatic hydroxyl groups excluding tert-OH is 1. The number of aliphatic hydroxyl groups is 1. The number of imidazole rings is 1. The van der Waals surface area contributed by atoms with Crippen LogP contribution in [0.3, 0.4) is 0 Å². The molecular weight excluding hydrogens is 351 g/mol. The van der Waals surface area contributed by atoms with Crippen LogP contribution in [0.25, 0.3) is 28.1 Å². The highest BCUT2D eigenvalue weighted by Gasteiger charge is 2.25. The number of H-pyrrole nitrogens is 1. The Bertz CT molecular complexity index is 1110. The fraction of sp³-hybridized carbons (Fsp3) is 0.278. The molecule has 0 saturated heterocycles. The molecule has 0 fully saturated rings. The average molecular weight is 370 g/mol. The number of nitrogens with one attached hydrogen (secondary N) is 1. The van der Waals surface area contributed by atoms with Crippen LogP contribution >= 0.6 is 0 Å². The number of aromatic amines is 1. The highest BCUT2D eigenvalue weighted by atomic mass is 19.1. The lowest BCUT2D eigenvalue weighted by Crippen LogP contribution is -1.99. The van der Waals surface area contributed by atoms with Gasteiger partial charge in [-0.15, -0.1) is 10.2 Å². The average Bonchev–Trinajstić information content (AvgIpc) is 3.37. The van der Waals surface area contributed by atoms with E-state index in [1.165, 1.54) is 7.11 Å². The van der Waals surface area contributed by atoms with Gasteiger partial charge >= 0.3 is 0 Å². The van der Waals surface area contributed by atoms with Crippen molar-refractivity contribution in [1.82, 2.24) is 29.3 Å². The van der Waals surface area contributed by atoms with Crippen LogP contribution in [0.15, 0.2) is 24.8 Å². The smallest absolute Gasteiger partial charge is 0.180 e. The standard InChI is InChI=1S/C18H19FN6O2/c1-10-12(27-3)8-11-15(14(10)19)24(2)17(16(11)25-6-5-20-9-25)18-21-13(4-7-26)22-23-18/h5-6,8-9,26H,4,7H2,1-3H3,(H,21,22,23). The molecule has 27 heavy (non-hydrogen) atoms. The zero-order valence-electron chi connectivity index (χ0n) is 15.2. The van der Waals surface area contributed by atoms with Gasteiger partial charge in [0.25, 0.3) is 0 Å². The highest BCUT2D eigenvalue weighted by molar-refractivity contribution is 5.98. The van der Waals surface area contributed by atoms with Crippen molar-refractivity contribution in [3.8, 4) is 23.0 Å². The summed E-state index contributed by atoms with van der Waals surface area (Å²) in [5.41, 5.74) is 2.25. The summed E-state index contributed by atoms with van der Waals surface area (Å²) in [7, 11) is 3.30. The summed E-state index contributed by atoms with van der Waals surface area (Å²) in [6.07, 6.45) is 5.45. The normalized spacial score (nSPS) is 11.4. The second-order valence-corrected chi connectivity index (χ2v) is 6.23. The number of ether oxygens (including phenoxy) is 1. The van der Waals surface area contributed by atoms with E-state index in [4.69, 9.17) is 9.84 Å². The molecule has 3 heterocycles. The first kappa shape index (κ1) is 17.2. The Labute approximate surface area is 154 Å². The molecule has 8 nitrogen and oxygen atoms in total. The number of nitrogens with zero attached hydrogens (tertiary/aromatic N) is 5. The van der Waals surface area contributed by atoms with E-state index in [-0.39, 0.29) is 12.4 Å².